The van der Waals surface area contributed by atoms with Crippen molar-refractivity contribution in [2.45, 2.75) is 33.2 Å². The van der Waals surface area contributed by atoms with E-state index in [1.165, 1.54) is 17.7 Å². The number of nitro groups is 2. The molecule has 0 radical (unpaired) electrons. The molecule has 2 aromatic carbocycles. The van der Waals surface area contributed by atoms with Crippen LogP contribution < -0.4 is 10.3 Å². The molecule has 9 nitrogen and oxygen atoms in total. The van der Waals surface area contributed by atoms with Crippen molar-refractivity contribution in [3.8, 4) is 0 Å². The highest BCUT2D eigenvalue weighted by molar-refractivity contribution is 5.88. The van der Waals surface area contributed by atoms with Gasteiger partial charge in [0.1, 0.15) is 5.69 Å². The summed E-state index contributed by atoms with van der Waals surface area (Å²) >= 11 is 0. The average Bonchev–Trinajstić information content (AvgIpc) is 2.67. The van der Waals surface area contributed by atoms with Gasteiger partial charge in [0.05, 0.1) is 27.7 Å². The summed E-state index contributed by atoms with van der Waals surface area (Å²) in [5.41, 5.74) is 6.13. The fourth-order valence-electron chi connectivity index (χ4n) is 3.81. The van der Waals surface area contributed by atoms with Crippen LogP contribution in [0.3, 0.4) is 0 Å². The number of likely N-dealkylation sites (N-methyl/N-ethyl adjacent to an activating group) is 1. The predicted octanol–water partition coefficient (Wildman–Crippen LogP) is 4.97. The molecule has 3 rings (SSSR count). The molecule has 1 heterocycles. The maximum atomic E-state index is 11.2. The number of fused-ring (bicyclic) bond motifs is 1. The SMILES string of the molecule is CCN1c2ccc(/C=N/Nc3ccc([N+](=O)[O-])cc3[N+](=O)[O-])cc2C(C)=CC1(C)C. The summed E-state index contributed by atoms with van der Waals surface area (Å²) in [6.45, 7) is 9.44. The van der Waals surface area contributed by atoms with E-state index in [4.69, 9.17) is 0 Å². The summed E-state index contributed by atoms with van der Waals surface area (Å²) in [6.07, 6.45) is 3.80. The van der Waals surface area contributed by atoms with Gasteiger partial charge >= 0.3 is 5.69 Å². The minimum Gasteiger partial charge on any atom is -0.363 e. The quantitative estimate of drug-likeness (QED) is 0.409. The third-order valence-electron chi connectivity index (χ3n) is 5.11. The zero-order valence-electron chi connectivity index (χ0n) is 17.2. The number of nitro benzene ring substituents is 2. The first kappa shape index (κ1) is 21.0. The van der Waals surface area contributed by atoms with Gasteiger partial charge in [-0.25, -0.2) is 0 Å². The van der Waals surface area contributed by atoms with Crippen LogP contribution in [0.4, 0.5) is 22.7 Å². The van der Waals surface area contributed by atoms with E-state index >= 15 is 0 Å². The number of rotatable bonds is 6. The molecule has 0 fully saturated rings. The minimum absolute atomic E-state index is 0.0716. The van der Waals surface area contributed by atoms with Gasteiger partial charge in [-0.15, -0.1) is 0 Å². The molecule has 1 aliphatic heterocycles. The molecule has 30 heavy (non-hydrogen) atoms. The smallest absolute Gasteiger partial charge is 0.301 e. The molecule has 0 saturated carbocycles. The monoisotopic (exact) mass is 409 g/mol. The lowest BCUT2D eigenvalue weighted by Crippen LogP contribution is -2.44. The highest BCUT2D eigenvalue weighted by Gasteiger charge is 2.30. The number of nitrogens with one attached hydrogen (secondary N) is 1. The van der Waals surface area contributed by atoms with Crippen LogP contribution in [0.25, 0.3) is 5.57 Å². The zero-order chi connectivity index (χ0) is 22.1. The molecular formula is C21H23N5O4. The van der Waals surface area contributed by atoms with Gasteiger partial charge in [-0.2, -0.15) is 5.10 Å². The normalized spacial score (nSPS) is 14.9. The summed E-state index contributed by atoms with van der Waals surface area (Å²) in [5.74, 6) is 0. The Kier molecular flexibility index (Phi) is 5.55. The number of allylic oxidation sites excluding steroid dienone is 1. The van der Waals surface area contributed by atoms with Gasteiger partial charge in [0.25, 0.3) is 5.69 Å². The molecule has 0 aromatic heterocycles. The van der Waals surface area contributed by atoms with Gasteiger partial charge in [-0.3, -0.25) is 25.7 Å². The second kappa shape index (κ2) is 7.94. The number of hydrogen-bond acceptors (Lipinski definition) is 7. The largest absolute Gasteiger partial charge is 0.363 e. The summed E-state index contributed by atoms with van der Waals surface area (Å²) < 4.78 is 0. The maximum absolute atomic E-state index is 11.2. The van der Waals surface area contributed by atoms with Crippen LogP contribution in [0, 0.1) is 20.2 Å². The Labute approximate surface area is 174 Å². The van der Waals surface area contributed by atoms with E-state index in [2.05, 4.69) is 49.2 Å². The Morgan fingerprint density at radius 1 is 1.13 bits per heavy atom. The van der Waals surface area contributed by atoms with E-state index in [-0.39, 0.29) is 16.9 Å². The zero-order valence-corrected chi connectivity index (χ0v) is 17.2. The van der Waals surface area contributed by atoms with Gasteiger partial charge < -0.3 is 4.90 Å². The predicted molar refractivity (Wildman–Crippen MR) is 118 cm³/mol. The number of hydrogen-bond donors (Lipinski definition) is 1. The molecule has 1 aliphatic rings. The van der Waals surface area contributed by atoms with Crippen molar-refractivity contribution in [1.29, 1.82) is 0 Å². The van der Waals surface area contributed by atoms with E-state index in [9.17, 15) is 20.2 Å². The molecule has 0 atom stereocenters. The van der Waals surface area contributed by atoms with E-state index in [1.54, 1.807) is 6.21 Å². The van der Waals surface area contributed by atoms with Crippen LogP contribution in [0.15, 0.2) is 47.6 Å². The fourth-order valence-corrected chi connectivity index (χ4v) is 3.81. The lowest BCUT2D eigenvalue weighted by Gasteiger charge is -2.42. The summed E-state index contributed by atoms with van der Waals surface area (Å²) in [7, 11) is 0. The third-order valence-corrected chi connectivity index (χ3v) is 5.11. The van der Waals surface area contributed by atoms with Crippen LogP contribution in [-0.2, 0) is 0 Å². The second-order valence-electron chi connectivity index (χ2n) is 7.59. The van der Waals surface area contributed by atoms with Crippen molar-refractivity contribution in [3.63, 3.8) is 0 Å². The molecule has 0 bridgehead atoms. The molecule has 0 saturated heterocycles. The van der Waals surface area contributed by atoms with Crippen LogP contribution in [0.2, 0.25) is 0 Å². The van der Waals surface area contributed by atoms with Crippen LogP contribution in [-0.4, -0.2) is 28.1 Å². The van der Waals surface area contributed by atoms with Crippen molar-refractivity contribution in [1.82, 2.24) is 0 Å². The Morgan fingerprint density at radius 2 is 1.87 bits per heavy atom. The van der Waals surface area contributed by atoms with E-state index in [0.29, 0.717) is 0 Å². The summed E-state index contributed by atoms with van der Waals surface area (Å²) in [6, 6.07) is 9.38. The van der Waals surface area contributed by atoms with Gasteiger partial charge in [-0.05, 0) is 57.0 Å². The number of hydrazone groups is 1. The second-order valence-corrected chi connectivity index (χ2v) is 7.59. The van der Waals surface area contributed by atoms with Crippen LogP contribution in [0.5, 0.6) is 0 Å². The first-order chi connectivity index (χ1) is 14.1. The molecule has 0 unspecified atom stereocenters. The van der Waals surface area contributed by atoms with Gasteiger partial charge in [0.15, 0.2) is 0 Å². The Morgan fingerprint density at radius 3 is 2.50 bits per heavy atom. The lowest BCUT2D eigenvalue weighted by atomic mass is 9.88. The molecule has 2 aromatic rings. The third kappa shape index (κ3) is 4.00. The Bertz CT molecular complexity index is 1080. The molecule has 1 N–H and O–H groups in total. The minimum atomic E-state index is -0.682. The molecule has 0 amide bonds. The van der Waals surface area contributed by atoms with Gasteiger partial charge in [0, 0.05) is 23.9 Å². The number of non-ortho nitro benzene ring substituents is 1. The summed E-state index contributed by atoms with van der Waals surface area (Å²) in [5, 5.41) is 26.1. The fraction of sp³-hybridized carbons (Fsp3) is 0.286. The molecule has 0 aliphatic carbocycles. The van der Waals surface area contributed by atoms with Gasteiger partial charge in [0.2, 0.25) is 0 Å². The first-order valence-corrected chi connectivity index (χ1v) is 9.47. The van der Waals surface area contributed by atoms with Crippen molar-refractivity contribution in [3.05, 3.63) is 73.8 Å². The van der Waals surface area contributed by atoms with Crippen molar-refractivity contribution < 1.29 is 9.85 Å². The van der Waals surface area contributed by atoms with Gasteiger partial charge in [-0.1, -0.05) is 12.1 Å². The van der Waals surface area contributed by atoms with Crippen molar-refractivity contribution in [2.75, 3.05) is 16.9 Å². The van der Waals surface area contributed by atoms with E-state index in [1.807, 2.05) is 18.2 Å². The molecular weight excluding hydrogens is 386 g/mol. The topological polar surface area (TPSA) is 114 Å². The molecule has 0 spiro atoms. The van der Waals surface area contributed by atoms with Crippen LogP contribution in [0.1, 0.15) is 38.8 Å². The molecule has 9 heteroatoms. The van der Waals surface area contributed by atoms with Crippen molar-refractivity contribution >= 4 is 34.5 Å². The molecule has 156 valence electrons. The number of anilines is 2. The van der Waals surface area contributed by atoms with Crippen LogP contribution >= 0.6 is 0 Å². The number of benzene rings is 2. The van der Waals surface area contributed by atoms with E-state index in [0.717, 1.165) is 29.4 Å². The standard InChI is InChI=1S/C21H23N5O4/c1-5-24-19-9-6-15(10-17(19)14(2)12-21(24,3)4)13-22-23-18-8-7-16(25(27)28)11-20(18)26(29)30/h6-13,23H,5H2,1-4H3/b22-13+. The van der Waals surface area contributed by atoms with E-state index < -0.39 is 15.5 Å². The Balaban J connectivity index is 1.86. The first-order valence-electron chi connectivity index (χ1n) is 9.47. The number of nitrogens with zero attached hydrogens (tertiary/aromatic N) is 4. The lowest BCUT2D eigenvalue weighted by molar-refractivity contribution is -0.393. The summed E-state index contributed by atoms with van der Waals surface area (Å²) in [4.78, 5) is 23.0. The average molecular weight is 409 g/mol. The highest BCUT2D eigenvalue weighted by Crippen LogP contribution is 2.38. The maximum Gasteiger partial charge on any atom is 0.301 e. The Hall–Kier alpha value is -3.75. The van der Waals surface area contributed by atoms with Crippen molar-refractivity contribution in [2.24, 2.45) is 5.10 Å². The highest BCUT2D eigenvalue weighted by atomic mass is 16.6.